The predicted molar refractivity (Wildman–Crippen MR) is 55.4 cm³/mol. The number of hydrogen-bond donors (Lipinski definition) is 0. The Morgan fingerprint density at radius 2 is 2.14 bits per heavy atom. The van der Waals surface area contributed by atoms with Crippen molar-refractivity contribution >= 4 is 29.2 Å². The molecule has 0 aromatic heterocycles. The lowest BCUT2D eigenvalue weighted by Gasteiger charge is -1.95. The molecule has 2 nitrogen and oxygen atoms in total. The lowest BCUT2D eigenvalue weighted by atomic mass is 10.2. The highest BCUT2D eigenvalue weighted by atomic mass is 35.5. The molecule has 1 rings (SSSR count). The van der Waals surface area contributed by atoms with Crippen molar-refractivity contribution in [3.63, 3.8) is 0 Å². The summed E-state index contributed by atoms with van der Waals surface area (Å²) in [7, 11) is 1.26. The highest BCUT2D eigenvalue weighted by Crippen LogP contribution is 2.19. The van der Waals surface area contributed by atoms with E-state index in [2.05, 4.69) is 16.6 Å². The van der Waals surface area contributed by atoms with Crippen molar-refractivity contribution in [3.8, 4) is 11.8 Å². The number of esters is 1. The standard InChI is InChI=1S/C10H6Cl2O2/c1-14-10(13)5-2-7-6-8(11)3-4-9(7)12/h3-4,6H,1H3. The molecule has 0 atom stereocenters. The van der Waals surface area contributed by atoms with Gasteiger partial charge in [0.1, 0.15) is 0 Å². The number of methoxy groups -OCH3 is 1. The van der Waals surface area contributed by atoms with Crippen LogP contribution >= 0.6 is 23.2 Å². The van der Waals surface area contributed by atoms with Gasteiger partial charge in [0.15, 0.2) is 0 Å². The fourth-order valence-corrected chi connectivity index (χ4v) is 1.10. The predicted octanol–water partition coefficient (Wildman–Crippen LogP) is 2.52. The summed E-state index contributed by atoms with van der Waals surface area (Å²) in [6, 6.07) is 4.85. The monoisotopic (exact) mass is 228 g/mol. The molecule has 1 aromatic rings. The van der Waals surface area contributed by atoms with E-state index in [9.17, 15) is 4.79 Å². The summed E-state index contributed by atoms with van der Waals surface area (Å²) in [5.41, 5.74) is 0.504. The highest BCUT2D eigenvalue weighted by molar-refractivity contribution is 6.33. The zero-order valence-corrected chi connectivity index (χ0v) is 8.82. The molecule has 14 heavy (non-hydrogen) atoms. The topological polar surface area (TPSA) is 26.3 Å². The highest BCUT2D eigenvalue weighted by Gasteiger charge is 1.98. The molecule has 0 spiro atoms. The Labute approximate surface area is 91.8 Å². The molecule has 0 saturated heterocycles. The summed E-state index contributed by atoms with van der Waals surface area (Å²) < 4.78 is 4.35. The molecule has 0 radical (unpaired) electrons. The van der Waals surface area contributed by atoms with Crippen LogP contribution in [0.2, 0.25) is 10.0 Å². The van der Waals surface area contributed by atoms with Crippen LogP contribution in [0.25, 0.3) is 0 Å². The molecule has 0 bridgehead atoms. The van der Waals surface area contributed by atoms with Gasteiger partial charge in [-0.2, -0.15) is 0 Å². The van der Waals surface area contributed by atoms with Gasteiger partial charge in [-0.1, -0.05) is 29.1 Å². The van der Waals surface area contributed by atoms with E-state index in [1.807, 2.05) is 0 Å². The Bertz CT molecular complexity index is 416. The van der Waals surface area contributed by atoms with Crippen LogP contribution in [0.5, 0.6) is 0 Å². The van der Waals surface area contributed by atoms with Crippen molar-refractivity contribution < 1.29 is 9.53 Å². The molecule has 0 aliphatic heterocycles. The first-order chi connectivity index (χ1) is 6.63. The Morgan fingerprint density at radius 1 is 1.43 bits per heavy atom. The average molecular weight is 229 g/mol. The average Bonchev–Trinajstić information content (AvgIpc) is 2.19. The minimum Gasteiger partial charge on any atom is -0.459 e. The minimum atomic E-state index is -0.610. The molecule has 1 aromatic carbocycles. The van der Waals surface area contributed by atoms with Crippen molar-refractivity contribution in [2.24, 2.45) is 0 Å². The molecule has 0 heterocycles. The molecule has 0 unspecified atom stereocenters. The normalized spacial score (nSPS) is 8.79. The van der Waals surface area contributed by atoms with E-state index in [0.717, 1.165) is 0 Å². The summed E-state index contributed by atoms with van der Waals surface area (Å²) in [6.45, 7) is 0. The third kappa shape index (κ3) is 2.95. The molecule has 0 aliphatic rings. The fourth-order valence-electron chi connectivity index (χ4n) is 0.763. The fraction of sp³-hybridized carbons (Fsp3) is 0.100. The van der Waals surface area contributed by atoms with Crippen LogP contribution in [0.1, 0.15) is 5.56 Å². The summed E-state index contributed by atoms with van der Waals surface area (Å²) in [5, 5.41) is 0.967. The molecular weight excluding hydrogens is 223 g/mol. The largest absolute Gasteiger partial charge is 0.459 e. The molecule has 0 fully saturated rings. The first-order valence-electron chi connectivity index (χ1n) is 3.68. The maximum Gasteiger partial charge on any atom is 0.384 e. The van der Waals surface area contributed by atoms with Crippen molar-refractivity contribution in [2.45, 2.75) is 0 Å². The lowest BCUT2D eigenvalue weighted by Crippen LogP contribution is -1.94. The van der Waals surface area contributed by atoms with E-state index in [-0.39, 0.29) is 0 Å². The molecular formula is C10H6Cl2O2. The van der Waals surface area contributed by atoms with E-state index < -0.39 is 5.97 Å². The van der Waals surface area contributed by atoms with Gasteiger partial charge in [-0.15, -0.1) is 0 Å². The SMILES string of the molecule is COC(=O)C#Cc1cc(Cl)ccc1Cl. The number of halogens is 2. The van der Waals surface area contributed by atoms with Crippen LogP contribution in [0.4, 0.5) is 0 Å². The number of ether oxygens (including phenoxy) is 1. The number of rotatable bonds is 0. The summed E-state index contributed by atoms with van der Waals surface area (Å²) in [5.74, 6) is 4.22. The van der Waals surface area contributed by atoms with Gasteiger partial charge in [-0.05, 0) is 18.2 Å². The summed E-state index contributed by atoms with van der Waals surface area (Å²) >= 11 is 11.5. The zero-order chi connectivity index (χ0) is 10.6. The maximum absolute atomic E-state index is 10.7. The first-order valence-corrected chi connectivity index (χ1v) is 4.44. The van der Waals surface area contributed by atoms with E-state index in [1.54, 1.807) is 18.2 Å². The number of hydrogen-bond acceptors (Lipinski definition) is 2. The van der Waals surface area contributed by atoms with Crippen LogP contribution in [0, 0.1) is 11.8 Å². The number of carbonyl (C=O) groups excluding carboxylic acids is 1. The van der Waals surface area contributed by atoms with Crippen molar-refractivity contribution in [3.05, 3.63) is 33.8 Å². The second-order valence-corrected chi connectivity index (χ2v) is 3.21. The second kappa shape index (κ2) is 4.90. The van der Waals surface area contributed by atoms with Crippen LogP contribution in [0.3, 0.4) is 0 Å². The Kier molecular flexibility index (Phi) is 3.82. The van der Waals surface area contributed by atoms with E-state index in [4.69, 9.17) is 23.2 Å². The molecule has 0 saturated carbocycles. The van der Waals surface area contributed by atoms with Crippen molar-refractivity contribution in [2.75, 3.05) is 7.11 Å². The summed E-state index contributed by atoms with van der Waals surface area (Å²) in [4.78, 5) is 10.7. The minimum absolute atomic E-state index is 0.450. The zero-order valence-electron chi connectivity index (χ0n) is 7.30. The van der Waals surface area contributed by atoms with Crippen molar-refractivity contribution in [1.29, 1.82) is 0 Å². The van der Waals surface area contributed by atoms with Gasteiger partial charge in [0, 0.05) is 16.5 Å². The molecule has 4 heteroatoms. The first kappa shape index (κ1) is 10.9. The molecule has 0 aliphatic carbocycles. The van der Waals surface area contributed by atoms with Crippen LogP contribution in [0.15, 0.2) is 18.2 Å². The molecule has 72 valence electrons. The smallest absolute Gasteiger partial charge is 0.384 e. The van der Waals surface area contributed by atoms with E-state index >= 15 is 0 Å². The van der Waals surface area contributed by atoms with Gasteiger partial charge < -0.3 is 4.74 Å². The maximum atomic E-state index is 10.7. The van der Waals surface area contributed by atoms with Gasteiger partial charge in [0.25, 0.3) is 0 Å². The van der Waals surface area contributed by atoms with E-state index in [1.165, 1.54) is 7.11 Å². The van der Waals surface area contributed by atoms with Gasteiger partial charge in [-0.3, -0.25) is 0 Å². The molecule has 0 N–H and O–H groups in total. The Morgan fingerprint density at radius 3 is 2.79 bits per heavy atom. The van der Waals surface area contributed by atoms with Gasteiger partial charge in [0.05, 0.1) is 12.1 Å². The summed E-state index contributed by atoms with van der Waals surface area (Å²) in [6.07, 6.45) is 0. The second-order valence-electron chi connectivity index (χ2n) is 2.37. The van der Waals surface area contributed by atoms with Crippen LogP contribution < -0.4 is 0 Å². The number of benzene rings is 1. The van der Waals surface area contributed by atoms with Crippen LogP contribution in [-0.4, -0.2) is 13.1 Å². The Balaban J connectivity index is 3.00. The number of carbonyl (C=O) groups is 1. The molecule has 0 amide bonds. The quantitative estimate of drug-likeness (QED) is 0.504. The third-order valence-electron chi connectivity index (χ3n) is 1.41. The van der Waals surface area contributed by atoms with E-state index in [0.29, 0.717) is 15.6 Å². The third-order valence-corrected chi connectivity index (χ3v) is 1.98. The van der Waals surface area contributed by atoms with Crippen molar-refractivity contribution in [1.82, 2.24) is 0 Å². The van der Waals surface area contributed by atoms with Gasteiger partial charge >= 0.3 is 5.97 Å². The van der Waals surface area contributed by atoms with Gasteiger partial charge in [-0.25, -0.2) is 4.79 Å². The van der Waals surface area contributed by atoms with Gasteiger partial charge in [0.2, 0.25) is 0 Å². The lowest BCUT2D eigenvalue weighted by molar-refractivity contribution is -0.133. The Hall–Kier alpha value is -1.17. The van der Waals surface area contributed by atoms with Crippen LogP contribution in [-0.2, 0) is 9.53 Å².